The predicted molar refractivity (Wildman–Crippen MR) is 75.7 cm³/mol. The van der Waals surface area contributed by atoms with Crippen LogP contribution in [0.1, 0.15) is 30.9 Å². The summed E-state index contributed by atoms with van der Waals surface area (Å²) in [5, 5.41) is 0. The highest BCUT2D eigenvalue weighted by molar-refractivity contribution is 7.72. The van der Waals surface area contributed by atoms with Gasteiger partial charge in [0.2, 0.25) is 0 Å². The number of hydrogen-bond acceptors (Lipinski definition) is 4. The number of aldehydes is 1. The van der Waals surface area contributed by atoms with Crippen LogP contribution in [0.2, 0.25) is 0 Å². The molecule has 1 rings (SSSR count). The van der Waals surface area contributed by atoms with Gasteiger partial charge in [-0.05, 0) is 25.5 Å². The van der Waals surface area contributed by atoms with Crippen LogP contribution in [-0.2, 0) is 19.8 Å². The topological polar surface area (TPSA) is 58.5 Å². The van der Waals surface area contributed by atoms with Gasteiger partial charge in [0, 0.05) is 0 Å². The van der Waals surface area contributed by atoms with E-state index in [1.165, 1.54) is 18.2 Å². The van der Waals surface area contributed by atoms with Crippen LogP contribution in [0.3, 0.4) is 0 Å². The number of aryl methyl sites for hydroxylation is 1. The Labute approximate surface area is 111 Å². The minimum Gasteiger partial charge on any atom is -0.430 e. The lowest BCUT2D eigenvalue weighted by molar-refractivity contribution is -0.106. The van der Waals surface area contributed by atoms with Crippen LogP contribution in [0.15, 0.2) is 28.6 Å². The largest absolute Gasteiger partial charge is 0.430 e. The van der Waals surface area contributed by atoms with Gasteiger partial charge in [-0.2, -0.15) is 0 Å². The third-order valence-electron chi connectivity index (χ3n) is 2.18. The fourth-order valence-electron chi connectivity index (χ4n) is 1.11. The third-order valence-corrected chi connectivity index (χ3v) is 2.92. The normalized spacial score (nSPS) is 11.8. The lowest BCUT2D eigenvalue weighted by atomic mass is 10.0. The number of hydrogen-bond donors (Lipinski definition) is 1. The molecule has 0 heterocycles. The van der Waals surface area contributed by atoms with Crippen molar-refractivity contribution in [2.45, 2.75) is 26.7 Å². The Morgan fingerprint density at radius 2 is 1.89 bits per heavy atom. The summed E-state index contributed by atoms with van der Waals surface area (Å²) >= 11 is 0. The van der Waals surface area contributed by atoms with Gasteiger partial charge in [0.1, 0.15) is 6.29 Å². The molecule has 0 fully saturated rings. The molecule has 1 aromatic carbocycles. The lowest BCUT2D eigenvalue weighted by Gasteiger charge is -2.03. The third kappa shape index (κ3) is 7.97. The zero-order chi connectivity index (χ0) is 14.0. The van der Waals surface area contributed by atoms with Crippen molar-refractivity contribution in [3.63, 3.8) is 0 Å². The molecule has 0 amide bonds. The molecule has 0 saturated heterocycles. The highest BCUT2D eigenvalue weighted by Crippen LogP contribution is 2.13. The zero-order valence-electron chi connectivity index (χ0n) is 11.3. The van der Waals surface area contributed by atoms with E-state index in [0.29, 0.717) is 12.2 Å². The number of carbonyl (C=O) groups is 1. The van der Waals surface area contributed by atoms with Crippen molar-refractivity contribution in [2.24, 2.45) is 4.36 Å². The molecule has 1 aromatic rings. The summed E-state index contributed by atoms with van der Waals surface area (Å²) in [5.74, 6) is 0.653. The molecular formula is C13H21N2O2S-. The molecule has 0 saturated carbocycles. The second kappa shape index (κ2) is 9.79. The molecule has 0 radical (unpaired) electrons. The van der Waals surface area contributed by atoms with E-state index in [9.17, 15) is 9.00 Å². The standard InChI is InChI=1S/C10H14.C3H7N2O2S/c1-8(2)10-6-4-9(3)5-7-10;1-4-8(7)5-2-3-6/h4-8H,1-3H3;3H,2H2,1H3,(H,4,5,7)/q;-1. The summed E-state index contributed by atoms with van der Waals surface area (Å²) in [6, 6.07) is 8.71. The van der Waals surface area contributed by atoms with Crippen molar-refractivity contribution in [3.05, 3.63) is 35.4 Å². The fourth-order valence-corrected chi connectivity index (χ4v) is 1.44. The Kier molecular flexibility index (Phi) is 9.14. The fraction of sp³-hybridized carbons (Fsp3) is 0.462. The van der Waals surface area contributed by atoms with Crippen molar-refractivity contribution >= 4 is 17.1 Å². The summed E-state index contributed by atoms with van der Waals surface area (Å²) in [6.45, 7) is 6.53. The van der Waals surface area contributed by atoms with Crippen LogP contribution in [0.5, 0.6) is 0 Å². The Balaban J connectivity index is 0.000000331. The maximum atomic E-state index is 10.2. The number of nitrogens with zero attached hydrogens (tertiary/aromatic N) is 1. The van der Waals surface area contributed by atoms with Gasteiger partial charge in [-0.1, -0.05) is 43.7 Å². The first-order valence-corrected chi connectivity index (χ1v) is 6.89. The Bertz CT molecular complexity index is 421. The van der Waals surface area contributed by atoms with E-state index in [1.54, 1.807) is 0 Å². The Morgan fingerprint density at radius 3 is 2.28 bits per heavy atom. The van der Waals surface area contributed by atoms with Gasteiger partial charge in [-0.25, -0.2) is 0 Å². The van der Waals surface area contributed by atoms with Crippen LogP contribution in [-0.4, -0.2) is 19.9 Å². The van der Waals surface area contributed by atoms with Gasteiger partial charge in [-0.15, -0.1) is 10.8 Å². The average Bonchev–Trinajstić information content (AvgIpc) is 2.37. The van der Waals surface area contributed by atoms with Crippen LogP contribution in [0, 0.1) is 6.92 Å². The first-order chi connectivity index (χ1) is 8.51. The Morgan fingerprint density at radius 1 is 1.33 bits per heavy atom. The minimum atomic E-state index is -1.38. The second-order valence-corrected chi connectivity index (χ2v) is 5.16. The van der Waals surface area contributed by atoms with Crippen LogP contribution >= 0.6 is 0 Å². The molecule has 0 aliphatic heterocycles. The van der Waals surface area contributed by atoms with Crippen LogP contribution < -0.4 is 4.72 Å². The molecular weight excluding hydrogens is 248 g/mol. The summed E-state index contributed by atoms with van der Waals surface area (Å²) in [6.07, 6.45) is 0.592. The van der Waals surface area contributed by atoms with Gasteiger partial charge in [0.25, 0.3) is 0 Å². The number of rotatable bonds is 4. The van der Waals surface area contributed by atoms with E-state index in [-0.39, 0.29) is 6.54 Å². The van der Waals surface area contributed by atoms with Gasteiger partial charge in [-0.3, -0.25) is 0 Å². The molecule has 0 bridgehead atoms. The van der Waals surface area contributed by atoms with E-state index in [1.807, 2.05) is 0 Å². The zero-order valence-corrected chi connectivity index (χ0v) is 12.2. The molecule has 18 heavy (non-hydrogen) atoms. The van der Waals surface area contributed by atoms with E-state index >= 15 is 0 Å². The van der Waals surface area contributed by atoms with Gasteiger partial charge >= 0.3 is 0 Å². The van der Waals surface area contributed by atoms with E-state index in [2.05, 4.69) is 54.1 Å². The summed E-state index contributed by atoms with van der Waals surface area (Å²) in [5.41, 5.74) is 2.76. The molecule has 5 heteroatoms. The summed E-state index contributed by atoms with van der Waals surface area (Å²) in [7, 11) is 0.121. The second-order valence-electron chi connectivity index (χ2n) is 4.00. The van der Waals surface area contributed by atoms with Crippen molar-refractivity contribution in [2.75, 3.05) is 13.6 Å². The van der Waals surface area contributed by atoms with Crippen LogP contribution in [0.25, 0.3) is 0 Å². The summed E-state index contributed by atoms with van der Waals surface area (Å²) in [4.78, 5) is 9.57. The molecule has 0 spiro atoms. The molecule has 1 N–H and O–H groups in total. The molecule has 0 aromatic heterocycles. The molecule has 0 atom stereocenters. The monoisotopic (exact) mass is 269 g/mol. The van der Waals surface area contributed by atoms with Crippen molar-refractivity contribution in [1.82, 2.24) is 4.72 Å². The molecule has 0 aliphatic carbocycles. The highest BCUT2D eigenvalue weighted by Gasteiger charge is 1.95. The summed E-state index contributed by atoms with van der Waals surface area (Å²) < 4.78 is 15.9. The number of nitrogens with one attached hydrogen (secondary N) is 1. The SMILES string of the molecule is CN[S-](=O)=NCC=O.Cc1ccc(C(C)C)cc1. The van der Waals surface area contributed by atoms with Crippen molar-refractivity contribution in [1.29, 1.82) is 0 Å². The molecule has 0 unspecified atom stereocenters. The van der Waals surface area contributed by atoms with E-state index in [0.717, 1.165) is 0 Å². The van der Waals surface area contributed by atoms with E-state index in [4.69, 9.17) is 0 Å². The lowest BCUT2D eigenvalue weighted by Crippen LogP contribution is -2.00. The van der Waals surface area contributed by atoms with Crippen LogP contribution in [0.4, 0.5) is 0 Å². The van der Waals surface area contributed by atoms with E-state index < -0.39 is 10.8 Å². The van der Waals surface area contributed by atoms with Crippen molar-refractivity contribution in [3.8, 4) is 0 Å². The van der Waals surface area contributed by atoms with Gasteiger partial charge in [0.15, 0.2) is 0 Å². The number of benzene rings is 1. The maximum Gasteiger partial charge on any atom is 0.138 e. The highest BCUT2D eigenvalue weighted by atomic mass is 32.2. The minimum absolute atomic E-state index is 0.00650. The molecule has 4 nitrogen and oxygen atoms in total. The first kappa shape index (κ1) is 16.8. The maximum absolute atomic E-state index is 10.2. The molecule has 102 valence electrons. The predicted octanol–water partition coefficient (Wildman–Crippen LogP) is 2.59. The first-order valence-electron chi connectivity index (χ1n) is 5.78. The van der Waals surface area contributed by atoms with Gasteiger partial charge in [0.05, 0.1) is 6.54 Å². The Hall–Kier alpha value is -1.20. The quantitative estimate of drug-likeness (QED) is 0.674. The van der Waals surface area contributed by atoms with Gasteiger partial charge < -0.3 is 18.1 Å². The number of carbonyl (C=O) groups excluding carboxylic acids is 1. The molecule has 0 aliphatic rings. The smallest absolute Gasteiger partial charge is 0.138 e. The van der Waals surface area contributed by atoms with Crippen molar-refractivity contribution < 1.29 is 9.00 Å². The average molecular weight is 269 g/mol.